The van der Waals surface area contributed by atoms with Gasteiger partial charge in [0, 0.05) is 25.0 Å². The molecule has 0 aliphatic rings. The lowest BCUT2D eigenvalue weighted by atomic mass is 10.2. The van der Waals surface area contributed by atoms with Gasteiger partial charge in [-0.25, -0.2) is 0 Å². The molecule has 0 heterocycles. The summed E-state index contributed by atoms with van der Waals surface area (Å²) >= 11 is 0. The van der Waals surface area contributed by atoms with Crippen molar-refractivity contribution in [2.75, 3.05) is 0 Å². The van der Waals surface area contributed by atoms with Crippen LogP contribution in [0.2, 0.25) is 0 Å². The first-order valence-electron chi connectivity index (χ1n) is 9.17. The van der Waals surface area contributed by atoms with Crippen LogP contribution in [0.4, 0.5) is 0 Å². The predicted molar refractivity (Wildman–Crippen MR) is 113 cm³/mol. The van der Waals surface area contributed by atoms with Crippen LogP contribution >= 0.6 is 0 Å². The first kappa shape index (κ1) is 22.1. The van der Waals surface area contributed by atoms with Gasteiger partial charge in [0.15, 0.2) is 0 Å². The van der Waals surface area contributed by atoms with Gasteiger partial charge in [-0.3, -0.25) is 40.9 Å². The first-order chi connectivity index (χ1) is 14.5. The second-order valence-electron chi connectivity index (χ2n) is 6.06. The molecule has 0 saturated carbocycles. The van der Waals surface area contributed by atoms with E-state index in [9.17, 15) is 19.2 Å². The molecule has 2 aromatic rings. The fourth-order valence-corrected chi connectivity index (χ4v) is 2.17. The number of carbonyl (C=O) groups excluding carboxylic acids is 4. The summed E-state index contributed by atoms with van der Waals surface area (Å²) in [5.74, 6) is -2.09. The molecule has 0 radical (unpaired) electrons. The third-order valence-electron chi connectivity index (χ3n) is 3.68. The van der Waals surface area contributed by atoms with Gasteiger partial charge in [0.25, 0.3) is 11.8 Å². The van der Waals surface area contributed by atoms with Gasteiger partial charge >= 0.3 is 0 Å². The normalized spacial score (nSPS) is 10.5. The van der Waals surface area contributed by atoms with Gasteiger partial charge < -0.3 is 0 Å². The molecule has 0 aliphatic heterocycles. The minimum absolute atomic E-state index is 0.162. The molecule has 8 nitrogen and oxygen atoms in total. The number of rotatable bonds is 7. The summed E-state index contributed by atoms with van der Waals surface area (Å²) in [5, 5.41) is 0. The van der Waals surface area contributed by atoms with Crippen molar-refractivity contribution in [3.8, 4) is 0 Å². The van der Waals surface area contributed by atoms with Crippen molar-refractivity contribution in [3.05, 3.63) is 83.9 Å². The zero-order chi connectivity index (χ0) is 21.6. The highest BCUT2D eigenvalue weighted by molar-refractivity contribution is 5.94. The SMILES string of the molecule is O=C(C=Cc1ccccc1)NNC(=O)CCC(=O)NNC(=O)C=Cc1ccccc1. The van der Waals surface area contributed by atoms with Gasteiger partial charge in [-0.1, -0.05) is 60.7 Å². The fraction of sp³-hybridized carbons (Fsp3) is 0.0909. The van der Waals surface area contributed by atoms with E-state index in [0.29, 0.717) is 0 Å². The highest BCUT2D eigenvalue weighted by Crippen LogP contribution is 2.01. The summed E-state index contributed by atoms with van der Waals surface area (Å²) in [7, 11) is 0. The van der Waals surface area contributed by atoms with Crippen molar-refractivity contribution in [1.82, 2.24) is 21.7 Å². The van der Waals surface area contributed by atoms with Crippen molar-refractivity contribution in [2.45, 2.75) is 12.8 Å². The molecular weight excluding hydrogens is 384 g/mol. The lowest BCUT2D eigenvalue weighted by Crippen LogP contribution is -2.43. The Morgan fingerprint density at radius 2 is 0.933 bits per heavy atom. The molecule has 8 heteroatoms. The minimum atomic E-state index is -0.540. The molecule has 2 rings (SSSR count). The number of nitrogens with one attached hydrogen (secondary N) is 4. The van der Waals surface area contributed by atoms with E-state index < -0.39 is 23.6 Å². The number of hydrazine groups is 2. The van der Waals surface area contributed by atoms with Crippen LogP contribution in [0.5, 0.6) is 0 Å². The predicted octanol–water partition coefficient (Wildman–Crippen LogP) is 1.49. The summed E-state index contributed by atoms with van der Waals surface area (Å²) in [6, 6.07) is 18.4. The first-order valence-corrected chi connectivity index (χ1v) is 9.17. The second kappa shape index (κ2) is 12.3. The smallest absolute Gasteiger partial charge is 0.262 e. The van der Waals surface area contributed by atoms with Gasteiger partial charge in [-0.2, -0.15) is 0 Å². The van der Waals surface area contributed by atoms with E-state index in [4.69, 9.17) is 0 Å². The Morgan fingerprint density at radius 1 is 0.567 bits per heavy atom. The molecule has 30 heavy (non-hydrogen) atoms. The Kier molecular flexibility index (Phi) is 9.06. The van der Waals surface area contributed by atoms with Gasteiger partial charge in [0.05, 0.1) is 0 Å². The minimum Gasteiger partial charge on any atom is -0.273 e. The summed E-state index contributed by atoms with van der Waals surface area (Å²) in [6.45, 7) is 0. The van der Waals surface area contributed by atoms with Crippen LogP contribution < -0.4 is 21.7 Å². The average molecular weight is 406 g/mol. The van der Waals surface area contributed by atoms with Crippen LogP contribution in [-0.2, 0) is 19.2 Å². The van der Waals surface area contributed by atoms with Crippen LogP contribution in [0.1, 0.15) is 24.0 Å². The monoisotopic (exact) mass is 406 g/mol. The quantitative estimate of drug-likeness (QED) is 0.412. The van der Waals surface area contributed by atoms with Crippen molar-refractivity contribution >= 4 is 35.8 Å². The molecule has 154 valence electrons. The van der Waals surface area contributed by atoms with Gasteiger partial charge in [-0.15, -0.1) is 0 Å². The Balaban J connectivity index is 1.60. The topological polar surface area (TPSA) is 116 Å². The number of hydrogen-bond donors (Lipinski definition) is 4. The maximum absolute atomic E-state index is 11.7. The molecule has 2 aromatic carbocycles. The van der Waals surface area contributed by atoms with Gasteiger partial charge in [0.1, 0.15) is 0 Å². The van der Waals surface area contributed by atoms with E-state index in [1.807, 2.05) is 60.7 Å². The van der Waals surface area contributed by atoms with E-state index in [1.165, 1.54) is 12.2 Å². The number of benzene rings is 2. The number of carbonyl (C=O) groups is 4. The molecule has 0 fully saturated rings. The molecule has 0 spiro atoms. The van der Waals surface area contributed by atoms with Crippen LogP contribution in [0.15, 0.2) is 72.8 Å². The highest BCUT2D eigenvalue weighted by Gasteiger charge is 2.08. The van der Waals surface area contributed by atoms with E-state index in [2.05, 4.69) is 21.7 Å². The average Bonchev–Trinajstić information content (AvgIpc) is 2.78. The molecule has 0 aromatic heterocycles. The van der Waals surface area contributed by atoms with Crippen LogP contribution in [-0.4, -0.2) is 23.6 Å². The Morgan fingerprint density at radius 3 is 1.30 bits per heavy atom. The molecule has 4 amide bonds. The summed E-state index contributed by atoms with van der Waals surface area (Å²) in [4.78, 5) is 46.7. The maximum atomic E-state index is 11.7. The Bertz CT molecular complexity index is 847. The van der Waals surface area contributed by atoms with Crippen molar-refractivity contribution in [1.29, 1.82) is 0 Å². The second-order valence-corrected chi connectivity index (χ2v) is 6.06. The summed E-state index contributed by atoms with van der Waals surface area (Å²) in [6.07, 6.45) is 5.43. The molecule has 0 bridgehead atoms. The third-order valence-corrected chi connectivity index (χ3v) is 3.68. The molecule has 0 saturated heterocycles. The lowest BCUT2D eigenvalue weighted by molar-refractivity contribution is -0.130. The van der Waals surface area contributed by atoms with E-state index >= 15 is 0 Å². The molecular formula is C22H22N4O4. The zero-order valence-corrected chi connectivity index (χ0v) is 16.1. The van der Waals surface area contributed by atoms with Crippen molar-refractivity contribution < 1.29 is 19.2 Å². The molecule has 0 aliphatic carbocycles. The molecule has 4 N–H and O–H groups in total. The Hall–Kier alpha value is -4.20. The standard InChI is InChI=1S/C22H22N4O4/c27-19(13-11-17-7-3-1-4-8-17)23-25-21(29)15-16-22(30)26-24-20(28)14-12-18-9-5-2-6-10-18/h1-14H,15-16H2,(H,23,27)(H,24,28)(H,25,29)(H,26,30). The fourth-order valence-electron chi connectivity index (χ4n) is 2.17. The van der Waals surface area contributed by atoms with E-state index in [-0.39, 0.29) is 12.8 Å². The van der Waals surface area contributed by atoms with Crippen molar-refractivity contribution in [3.63, 3.8) is 0 Å². The lowest BCUT2D eigenvalue weighted by Gasteiger charge is -2.06. The maximum Gasteiger partial charge on any atom is 0.262 e. The van der Waals surface area contributed by atoms with Gasteiger partial charge in [-0.05, 0) is 23.3 Å². The Labute approximate surface area is 174 Å². The largest absolute Gasteiger partial charge is 0.273 e. The van der Waals surface area contributed by atoms with Gasteiger partial charge in [0.2, 0.25) is 11.8 Å². The zero-order valence-electron chi connectivity index (χ0n) is 16.1. The molecule has 0 atom stereocenters. The number of hydrogen-bond acceptors (Lipinski definition) is 4. The van der Waals surface area contributed by atoms with Crippen LogP contribution in [0, 0.1) is 0 Å². The number of amides is 4. The van der Waals surface area contributed by atoms with Crippen LogP contribution in [0.3, 0.4) is 0 Å². The molecule has 0 unspecified atom stereocenters. The third kappa shape index (κ3) is 9.14. The summed E-state index contributed by atoms with van der Waals surface area (Å²) < 4.78 is 0. The van der Waals surface area contributed by atoms with E-state index in [1.54, 1.807) is 12.2 Å². The van der Waals surface area contributed by atoms with Crippen molar-refractivity contribution in [2.24, 2.45) is 0 Å². The van der Waals surface area contributed by atoms with E-state index in [0.717, 1.165) is 11.1 Å². The summed E-state index contributed by atoms with van der Waals surface area (Å²) in [5.41, 5.74) is 10.6. The van der Waals surface area contributed by atoms with Crippen LogP contribution in [0.25, 0.3) is 12.2 Å². The highest BCUT2D eigenvalue weighted by atomic mass is 16.2.